The second-order valence-corrected chi connectivity index (χ2v) is 4.02. The summed E-state index contributed by atoms with van der Waals surface area (Å²) in [5.74, 6) is -1.17. The molecule has 1 heterocycles. The van der Waals surface area contributed by atoms with E-state index in [-0.39, 0.29) is 11.4 Å². The molecule has 0 radical (unpaired) electrons. The van der Waals surface area contributed by atoms with Crippen molar-refractivity contribution in [3.05, 3.63) is 59.0 Å². The lowest BCUT2D eigenvalue weighted by Gasteiger charge is -2.12. The zero-order valence-electron chi connectivity index (χ0n) is 10.5. The normalized spacial score (nSPS) is 10.2. The molecule has 0 aliphatic rings. The van der Waals surface area contributed by atoms with Gasteiger partial charge in [-0.3, -0.25) is 9.36 Å². The molecule has 1 aromatic carbocycles. The molecule has 0 spiro atoms. The Labute approximate surface area is 114 Å². The van der Waals surface area contributed by atoms with Crippen LogP contribution in [0.5, 0.6) is 0 Å². The maximum Gasteiger partial charge on any atom is 0.352 e. The van der Waals surface area contributed by atoms with Crippen LogP contribution >= 0.6 is 0 Å². The van der Waals surface area contributed by atoms with E-state index < -0.39 is 23.8 Å². The van der Waals surface area contributed by atoms with Crippen molar-refractivity contribution in [3.63, 3.8) is 0 Å². The van der Waals surface area contributed by atoms with Gasteiger partial charge < -0.3 is 10.2 Å². The van der Waals surface area contributed by atoms with Crippen LogP contribution < -0.4 is 5.56 Å². The van der Waals surface area contributed by atoms with Crippen LogP contribution in [0, 0.1) is 0 Å². The molecule has 0 saturated carbocycles. The number of rotatable bonds is 4. The molecule has 102 valence electrons. The van der Waals surface area contributed by atoms with Crippen molar-refractivity contribution >= 4 is 11.7 Å². The fourth-order valence-electron chi connectivity index (χ4n) is 1.74. The van der Waals surface area contributed by atoms with Crippen LogP contribution in [-0.4, -0.2) is 25.7 Å². The summed E-state index contributed by atoms with van der Waals surface area (Å²) < 4.78 is 0.892. The van der Waals surface area contributed by atoms with Crippen LogP contribution in [0.2, 0.25) is 0 Å². The van der Waals surface area contributed by atoms with E-state index in [0.717, 1.165) is 4.57 Å². The number of hydrogen-bond donors (Lipinski definition) is 2. The highest BCUT2D eigenvalue weighted by Gasteiger charge is 2.17. The molecule has 0 amide bonds. The van der Waals surface area contributed by atoms with E-state index in [4.69, 9.17) is 10.2 Å². The van der Waals surface area contributed by atoms with E-state index in [2.05, 4.69) is 11.6 Å². The molecule has 0 aliphatic heterocycles. The minimum Gasteiger partial charge on any atom is -0.477 e. The maximum atomic E-state index is 12.2. The Morgan fingerprint density at radius 3 is 2.50 bits per heavy atom. The van der Waals surface area contributed by atoms with Crippen molar-refractivity contribution in [3.8, 4) is 11.4 Å². The summed E-state index contributed by atoms with van der Waals surface area (Å²) in [5.41, 5.74) is -0.478. The molecular formula is C14H12N2O4. The van der Waals surface area contributed by atoms with Crippen molar-refractivity contribution in [2.24, 2.45) is 0 Å². The second kappa shape index (κ2) is 5.50. The molecule has 6 heteroatoms. The van der Waals surface area contributed by atoms with Crippen LogP contribution in [-0.2, 0) is 11.4 Å². The first-order valence-corrected chi connectivity index (χ1v) is 5.76. The number of carboxylic acids is 1. The summed E-state index contributed by atoms with van der Waals surface area (Å²) in [6, 6.07) is 8.68. The van der Waals surface area contributed by atoms with E-state index in [0.29, 0.717) is 5.56 Å². The van der Waals surface area contributed by atoms with Gasteiger partial charge in [-0.2, -0.15) is 0 Å². The average Bonchev–Trinajstić information content (AvgIpc) is 2.47. The van der Waals surface area contributed by atoms with Gasteiger partial charge in [0.15, 0.2) is 0 Å². The Kier molecular flexibility index (Phi) is 3.76. The first-order chi connectivity index (χ1) is 9.56. The van der Waals surface area contributed by atoms with Gasteiger partial charge >= 0.3 is 5.97 Å². The molecule has 2 N–H and O–H groups in total. The highest BCUT2D eigenvalue weighted by molar-refractivity contribution is 6.08. The number of hydrogen-bond acceptors (Lipinski definition) is 4. The molecule has 1 aromatic heterocycles. The Morgan fingerprint density at radius 2 is 1.95 bits per heavy atom. The van der Waals surface area contributed by atoms with Gasteiger partial charge in [0.2, 0.25) is 0 Å². The fourth-order valence-corrected chi connectivity index (χ4v) is 1.74. The Hall–Kier alpha value is -2.73. The van der Waals surface area contributed by atoms with Gasteiger partial charge in [-0.1, -0.05) is 36.9 Å². The summed E-state index contributed by atoms with van der Waals surface area (Å²) in [6.45, 7) is 2.87. The van der Waals surface area contributed by atoms with E-state index in [1.54, 1.807) is 30.3 Å². The lowest BCUT2D eigenvalue weighted by molar-refractivity contribution is -0.130. The molecule has 2 rings (SSSR count). The standard InChI is InChI=1S/C14H12N2O4/c1-9(14(19)20)16-12(10-5-3-2-4-6-10)15-7-11(8-17)13(16)18/h2-7,17H,1,8H2,(H,19,20). The minimum absolute atomic E-state index is 0.00656. The average molecular weight is 272 g/mol. The third-order valence-corrected chi connectivity index (χ3v) is 2.75. The quantitative estimate of drug-likeness (QED) is 0.809. The van der Waals surface area contributed by atoms with Gasteiger partial charge in [-0.15, -0.1) is 0 Å². The Morgan fingerprint density at radius 1 is 1.30 bits per heavy atom. The SMILES string of the molecule is C=C(C(=O)O)n1c(-c2ccccc2)ncc(CO)c1=O. The first kappa shape index (κ1) is 13.7. The molecule has 0 unspecified atom stereocenters. The zero-order chi connectivity index (χ0) is 14.7. The third kappa shape index (κ3) is 2.36. The van der Waals surface area contributed by atoms with Gasteiger partial charge in [0, 0.05) is 11.8 Å². The molecule has 0 atom stereocenters. The third-order valence-electron chi connectivity index (χ3n) is 2.75. The molecule has 0 bridgehead atoms. The summed E-state index contributed by atoms with van der Waals surface area (Å²) >= 11 is 0. The Balaban J connectivity index is 2.76. The molecular weight excluding hydrogens is 260 g/mol. The van der Waals surface area contributed by atoms with Crippen molar-refractivity contribution in [1.82, 2.24) is 9.55 Å². The zero-order valence-corrected chi connectivity index (χ0v) is 10.5. The van der Waals surface area contributed by atoms with E-state index >= 15 is 0 Å². The molecule has 6 nitrogen and oxygen atoms in total. The van der Waals surface area contributed by atoms with E-state index in [1.165, 1.54) is 6.20 Å². The fraction of sp³-hybridized carbons (Fsp3) is 0.0714. The largest absolute Gasteiger partial charge is 0.477 e. The van der Waals surface area contributed by atoms with Crippen LogP contribution in [0.3, 0.4) is 0 Å². The van der Waals surface area contributed by atoms with Gasteiger partial charge in [-0.05, 0) is 0 Å². The summed E-state index contributed by atoms with van der Waals surface area (Å²) in [5, 5.41) is 18.1. The lowest BCUT2D eigenvalue weighted by Crippen LogP contribution is -2.28. The number of aliphatic hydroxyl groups is 1. The van der Waals surface area contributed by atoms with Gasteiger partial charge in [0.25, 0.3) is 5.56 Å². The predicted octanol–water partition coefficient (Wildman–Crippen LogP) is 0.958. The van der Waals surface area contributed by atoms with Gasteiger partial charge in [0.05, 0.1) is 12.2 Å². The van der Waals surface area contributed by atoms with E-state index in [9.17, 15) is 9.59 Å². The van der Waals surface area contributed by atoms with Crippen molar-refractivity contribution in [2.75, 3.05) is 0 Å². The molecule has 0 aliphatic carbocycles. The van der Waals surface area contributed by atoms with Crippen LogP contribution in [0.15, 0.2) is 47.9 Å². The number of carbonyl (C=O) groups is 1. The van der Waals surface area contributed by atoms with Crippen LogP contribution in [0.4, 0.5) is 0 Å². The number of nitrogens with zero attached hydrogens (tertiary/aromatic N) is 2. The summed E-state index contributed by atoms with van der Waals surface area (Å²) in [6.07, 6.45) is 1.23. The molecule has 20 heavy (non-hydrogen) atoms. The lowest BCUT2D eigenvalue weighted by atomic mass is 10.2. The summed E-state index contributed by atoms with van der Waals surface area (Å²) in [4.78, 5) is 27.3. The molecule has 2 aromatic rings. The highest BCUT2D eigenvalue weighted by Crippen LogP contribution is 2.17. The minimum atomic E-state index is -1.33. The molecule has 0 fully saturated rings. The second-order valence-electron chi connectivity index (χ2n) is 4.02. The predicted molar refractivity (Wildman–Crippen MR) is 72.8 cm³/mol. The number of aromatic nitrogens is 2. The number of aliphatic carboxylic acids is 1. The Bertz CT molecular complexity index is 720. The number of benzene rings is 1. The number of aliphatic hydroxyl groups excluding tert-OH is 1. The van der Waals surface area contributed by atoms with Crippen molar-refractivity contribution in [1.29, 1.82) is 0 Å². The molecule has 0 saturated heterocycles. The van der Waals surface area contributed by atoms with Crippen LogP contribution in [0.1, 0.15) is 5.56 Å². The monoisotopic (exact) mass is 272 g/mol. The maximum absolute atomic E-state index is 12.2. The van der Waals surface area contributed by atoms with Crippen molar-refractivity contribution < 1.29 is 15.0 Å². The summed E-state index contributed by atoms with van der Waals surface area (Å²) in [7, 11) is 0. The van der Waals surface area contributed by atoms with Gasteiger partial charge in [0.1, 0.15) is 11.5 Å². The number of carboxylic acid groups (broad SMARTS) is 1. The highest BCUT2D eigenvalue weighted by atomic mass is 16.4. The topological polar surface area (TPSA) is 92.4 Å². The van der Waals surface area contributed by atoms with E-state index in [1.807, 2.05) is 0 Å². The smallest absolute Gasteiger partial charge is 0.352 e. The van der Waals surface area contributed by atoms with Crippen molar-refractivity contribution in [2.45, 2.75) is 6.61 Å². The van der Waals surface area contributed by atoms with Gasteiger partial charge in [-0.25, -0.2) is 9.78 Å². The van der Waals surface area contributed by atoms with Crippen LogP contribution in [0.25, 0.3) is 17.1 Å². The first-order valence-electron chi connectivity index (χ1n) is 5.76.